The van der Waals surface area contributed by atoms with Crippen LogP contribution in [0.5, 0.6) is 11.5 Å². The monoisotopic (exact) mass is 1320 g/mol. The Morgan fingerprint density at radius 2 is 1.10 bits per heavy atom. The fourth-order valence-electron chi connectivity index (χ4n) is 11.8. The Balaban J connectivity index is 0.000000220. The van der Waals surface area contributed by atoms with Gasteiger partial charge >= 0.3 is 27.1 Å². The molecule has 27 heteroatoms. The van der Waals surface area contributed by atoms with Gasteiger partial charge in [-0.05, 0) is 98.5 Å². The number of benzene rings is 5. The number of pyridine rings is 2. The van der Waals surface area contributed by atoms with Crippen molar-refractivity contribution in [3.8, 4) is 11.5 Å². The number of nitrogens with zero attached hydrogens (tertiary/aromatic N) is 8. The maximum atomic E-state index is 14.3. The van der Waals surface area contributed by atoms with Crippen LogP contribution in [0.3, 0.4) is 0 Å². The number of piperazine rings is 2. The number of halogens is 2. The molecule has 2 saturated heterocycles. The number of carbonyl (C=O) groups excluding carboxylic acids is 5. The molecule has 2 fully saturated rings. The average Bonchev–Trinajstić information content (AvgIpc) is 1.66. The molecule has 0 bridgehead atoms. The third kappa shape index (κ3) is 15.8. The van der Waals surface area contributed by atoms with Crippen LogP contribution in [-0.2, 0) is 58.7 Å². The Labute approximate surface area is 536 Å². The van der Waals surface area contributed by atoms with Gasteiger partial charge in [-0.1, -0.05) is 62.0 Å². The largest absolute Gasteiger partial charge is 0.505 e. The first-order valence-corrected chi connectivity index (χ1v) is 33.6. The van der Waals surface area contributed by atoms with Crippen molar-refractivity contribution in [2.75, 3.05) is 84.4 Å². The molecule has 0 saturated carbocycles. The maximum Gasteiger partial charge on any atom is 0.381 e. The number of aromatic hydroxyl groups is 1. The van der Waals surface area contributed by atoms with Crippen molar-refractivity contribution in [1.82, 2.24) is 39.4 Å². The number of carboxylic acid groups (broad SMARTS) is 1. The molecular formula is C66H74F2N8O15P2. The van der Waals surface area contributed by atoms with E-state index >= 15 is 0 Å². The Kier molecular flexibility index (Phi) is 21.9. The number of fused-ring (bicyclic) bond motifs is 4. The lowest BCUT2D eigenvalue weighted by Crippen LogP contribution is -2.49. The lowest BCUT2D eigenvalue weighted by molar-refractivity contribution is -0.150. The molecule has 0 spiro atoms. The Morgan fingerprint density at radius 3 is 1.60 bits per heavy atom. The van der Waals surface area contributed by atoms with Crippen molar-refractivity contribution in [2.24, 2.45) is 0 Å². The summed E-state index contributed by atoms with van der Waals surface area (Å²) >= 11 is 0. The molecule has 5 aromatic carbocycles. The second-order valence-corrected chi connectivity index (χ2v) is 26.8. The second kappa shape index (κ2) is 29.6. The molecule has 492 valence electrons. The lowest BCUT2D eigenvalue weighted by atomic mass is 9.92. The topological polar surface area (TPSA) is 279 Å². The predicted molar refractivity (Wildman–Crippen MR) is 341 cm³/mol. The molecule has 93 heavy (non-hydrogen) atoms. The number of esters is 1. The molecule has 0 aliphatic carbocycles. The van der Waals surface area contributed by atoms with Gasteiger partial charge in [0.05, 0.1) is 46.7 Å². The molecule has 4 aliphatic heterocycles. The number of phenolic OH excluding ortho intramolecular Hbond substituents is 1. The highest BCUT2D eigenvalue weighted by Gasteiger charge is 2.41. The molecule has 0 radical (unpaired) electrons. The number of phenols is 1. The molecule has 11 rings (SSSR count). The molecule has 4 aliphatic rings. The van der Waals surface area contributed by atoms with Crippen LogP contribution in [0.25, 0.3) is 21.8 Å². The quantitative estimate of drug-likeness (QED) is 0.0446. The summed E-state index contributed by atoms with van der Waals surface area (Å²) in [5.74, 6) is -3.78. The SMILES string of the molecule is C.CCOC(=O)[C@H](C)OP(=O)(CCN1CCN(C(=O)c2c3c(c(C)c4ncccc24)C(=O)N(Cc2ccc(F)cc2)C3)CC1)Oc1ccccc1.C[C@H](OP(=O)(O)CCN1CCN(C(=O)c2c3c(c(O)c4ncccc24)C(=O)N(Cc2ccc(F)cc2)C3)CC1)C(=O)O. The van der Waals surface area contributed by atoms with Crippen LogP contribution >= 0.6 is 15.2 Å². The normalized spacial score (nSPS) is 16.9. The number of ether oxygens (including phenoxy) is 1. The molecule has 6 heterocycles. The van der Waals surface area contributed by atoms with E-state index in [0.29, 0.717) is 109 Å². The molecule has 23 nitrogen and oxygen atoms in total. The minimum Gasteiger partial charge on any atom is -0.505 e. The van der Waals surface area contributed by atoms with Crippen molar-refractivity contribution in [1.29, 1.82) is 0 Å². The van der Waals surface area contributed by atoms with Crippen LogP contribution in [0.2, 0.25) is 0 Å². The smallest absolute Gasteiger partial charge is 0.381 e. The van der Waals surface area contributed by atoms with Crippen LogP contribution in [0.1, 0.15) is 97.4 Å². The molecule has 4 amide bonds. The number of aliphatic carboxylic acids is 1. The summed E-state index contributed by atoms with van der Waals surface area (Å²) < 4.78 is 74.6. The zero-order valence-corrected chi connectivity index (χ0v) is 52.9. The number of carboxylic acids is 1. The van der Waals surface area contributed by atoms with Gasteiger partial charge in [-0.3, -0.25) is 52.6 Å². The predicted octanol–water partition coefficient (Wildman–Crippen LogP) is 9.14. The van der Waals surface area contributed by atoms with Gasteiger partial charge in [0, 0.05) is 120 Å². The zero-order valence-electron chi connectivity index (χ0n) is 51.1. The van der Waals surface area contributed by atoms with Gasteiger partial charge in [0.1, 0.15) is 22.9 Å². The van der Waals surface area contributed by atoms with E-state index in [-0.39, 0.29) is 105 Å². The number of aromatic nitrogens is 2. The van der Waals surface area contributed by atoms with Gasteiger partial charge in [0.2, 0.25) is 0 Å². The molecular weight excluding hydrogens is 1240 g/mol. The van der Waals surface area contributed by atoms with E-state index in [2.05, 4.69) is 14.9 Å². The number of rotatable bonds is 21. The third-order valence-electron chi connectivity index (χ3n) is 16.6. The van der Waals surface area contributed by atoms with Crippen LogP contribution in [-0.4, -0.2) is 187 Å². The van der Waals surface area contributed by atoms with Crippen molar-refractivity contribution >= 4 is 72.6 Å². The number of hydrogen-bond acceptors (Lipinski definition) is 17. The standard InChI is InChI=1S/C37H40FN4O7P.C28H30FN4O8P.CH4/c1-4-47-37(45)26(3)48-50(46,49-29-9-6-5-7-10-29)22-21-40-17-19-41(20-18-40)36(44)33-30-11-8-16-39-34(30)25(2)32-31(33)24-42(35(32)43)23-27-12-14-28(38)15-13-27;1-17(28(37)38)41-42(39,40)14-13-31-9-11-32(12-10-31)26(35)22-20-3-2-8-30-24(20)25(34)23-21(22)16-33(27(23)36)15-18-4-6-19(29)7-5-18;/h5-16,26H,4,17-24H2,1-3H3;2-8,17,34H,9-16H2,1H3,(H,37,38)(H,39,40);1H4/t26-,50?;17-;/m00./s1. The van der Waals surface area contributed by atoms with E-state index < -0.39 is 51.1 Å². The Bertz CT molecular complexity index is 4040. The van der Waals surface area contributed by atoms with Crippen LogP contribution in [0, 0.1) is 18.6 Å². The van der Waals surface area contributed by atoms with Crippen molar-refractivity contribution in [3.05, 3.63) is 177 Å². The van der Waals surface area contributed by atoms with E-state index in [9.17, 15) is 56.7 Å². The summed E-state index contributed by atoms with van der Waals surface area (Å²) in [6.45, 7) is 10.9. The molecule has 4 atom stereocenters. The molecule has 3 N–H and O–H groups in total. The summed E-state index contributed by atoms with van der Waals surface area (Å²) in [5.41, 5.74) is 5.31. The first kappa shape index (κ1) is 68.8. The first-order valence-electron chi connectivity index (χ1n) is 30.1. The zero-order chi connectivity index (χ0) is 65.6. The van der Waals surface area contributed by atoms with Crippen LogP contribution < -0.4 is 4.52 Å². The number of amides is 4. The van der Waals surface area contributed by atoms with Gasteiger partial charge in [-0.15, -0.1) is 0 Å². The van der Waals surface area contributed by atoms with E-state index in [0.717, 1.165) is 11.1 Å². The lowest BCUT2D eigenvalue weighted by Gasteiger charge is -2.35. The van der Waals surface area contributed by atoms with Gasteiger partial charge < -0.3 is 44.0 Å². The van der Waals surface area contributed by atoms with Gasteiger partial charge in [-0.25, -0.2) is 22.9 Å². The number of hydrogen-bond donors (Lipinski definition) is 3. The number of aryl methyl sites for hydroxylation is 1. The van der Waals surface area contributed by atoms with Crippen molar-refractivity contribution < 1.29 is 80.1 Å². The fraction of sp³-hybridized carbons (Fsp3) is 0.364. The second-order valence-electron chi connectivity index (χ2n) is 22.8. The van der Waals surface area contributed by atoms with Gasteiger partial charge in [0.15, 0.2) is 18.0 Å². The molecule has 2 aromatic heterocycles. The summed E-state index contributed by atoms with van der Waals surface area (Å²) in [5, 5.41) is 21.1. The summed E-state index contributed by atoms with van der Waals surface area (Å²) in [7, 11) is -7.91. The maximum absolute atomic E-state index is 14.3. The van der Waals surface area contributed by atoms with Gasteiger partial charge in [-0.2, -0.15) is 0 Å². The number of para-hydroxylation sites is 1. The number of carbonyl (C=O) groups is 6. The summed E-state index contributed by atoms with van der Waals surface area (Å²) in [6.07, 6.45) is 0.391. The highest BCUT2D eigenvalue weighted by Crippen LogP contribution is 2.50. The van der Waals surface area contributed by atoms with E-state index in [4.69, 9.17) is 23.4 Å². The Hall–Kier alpha value is -8.54. The van der Waals surface area contributed by atoms with E-state index in [1.165, 1.54) is 49.2 Å². The average molecular weight is 1320 g/mol. The minimum absolute atomic E-state index is 0. The van der Waals surface area contributed by atoms with Gasteiger partial charge in [0.25, 0.3) is 23.6 Å². The van der Waals surface area contributed by atoms with Crippen LogP contribution in [0.15, 0.2) is 116 Å². The van der Waals surface area contributed by atoms with Crippen molar-refractivity contribution in [3.63, 3.8) is 0 Å². The summed E-state index contributed by atoms with van der Waals surface area (Å²) in [4.78, 5) is 108. The Morgan fingerprint density at radius 1 is 0.624 bits per heavy atom. The summed E-state index contributed by atoms with van der Waals surface area (Å²) in [6, 6.07) is 27.4. The fourth-order valence-corrected chi connectivity index (χ4v) is 14.8. The van der Waals surface area contributed by atoms with E-state index in [1.807, 2.05) is 24.0 Å². The minimum atomic E-state index is -4.12. The molecule has 7 aromatic rings. The van der Waals surface area contributed by atoms with Crippen molar-refractivity contribution in [2.45, 2.75) is 73.5 Å². The molecule has 2 unspecified atom stereocenters. The first-order chi connectivity index (χ1) is 44.0. The van der Waals surface area contributed by atoms with Crippen LogP contribution in [0.4, 0.5) is 8.78 Å². The highest BCUT2D eigenvalue weighted by atomic mass is 31.2. The highest BCUT2D eigenvalue weighted by molar-refractivity contribution is 7.54. The third-order valence-corrected chi connectivity index (χ3v) is 19.8. The van der Waals surface area contributed by atoms with E-state index in [1.54, 1.807) is 94.6 Å².